The highest BCUT2D eigenvalue weighted by Gasteiger charge is 2.23. The normalized spacial score (nSPS) is 13.6. The maximum atomic E-state index is 13.6. The Kier molecular flexibility index (Phi) is 4.48. The summed E-state index contributed by atoms with van der Waals surface area (Å²) in [5, 5.41) is 8.77. The Morgan fingerprint density at radius 1 is 1.59 bits per heavy atom. The van der Waals surface area contributed by atoms with Crippen LogP contribution in [0.4, 0.5) is 10.1 Å². The maximum absolute atomic E-state index is 13.6. The van der Waals surface area contributed by atoms with E-state index in [9.17, 15) is 12.8 Å². The lowest BCUT2D eigenvalue weighted by molar-refractivity contribution is 0.265. The molecule has 0 heterocycles. The van der Waals surface area contributed by atoms with Gasteiger partial charge in [0.15, 0.2) is 5.82 Å². The van der Waals surface area contributed by atoms with Gasteiger partial charge in [-0.2, -0.15) is 0 Å². The minimum Gasteiger partial charge on any atom is -0.399 e. The zero-order valence-corrected chi connectivity index (χ0v) is 11.3. The van der Waals surface area contributed by atoms with Crippen LogP contribution < -0.4 is 10.5 Å². The monoisotopic (exact) mass is 326 g/mol. The van der Waals surface area contributed by atoms with Crippen molar-refractivity contribution in [2.24, 2.45) is 0 Å². The van der Waals surface area contributed by atoms with Gasteiger partial charge in [0, 0.05) is 11.7 Å². The number of hydrogen-bond donors (Lipinski definition) is 3. The lowest BCUT2D eigenvalue weighted by atomic mass is 10.3. The molecule has 0 aromatic heterocycles. The van der Waals surface area contributed by atoms with Crippen molar-refractivity contribution in [3.8, 4) is 0 Å². The molecule has 0 aliphatic rings. The van der Waals surface area contributed by atoms with E-state index in [0.29, 0.717) is 0 Å². The van der Waals surface area contributed by atoms with Crippen LogP contribution in [0.15, 0.2) is 21.5 Å². The number of halogens is 2. The van der Waals surface area contributed by atoms with E-state index in [4.69, 9.17) is 10.8 Å². The van der Waals surface area contributed by atoms with Crippen LogP contribution in [-0.2, 0) is 10.0 Å². The number of hydrogen-bond acceptors (Lipinski definition) is 4. The third kappa shape index (κ3) is 3.38. The number of rotatable bonds is 4. The van der Waals surface area contributed by atoms with Gasteiger partial charge >= 0.3 is 0 Å². The third-order valence-electron chi connectivity index (χ3n) is 1.94. The summed E-state index contributed by atoms with van der Waals surface area (Å²) >= 11 is 2.88. The van der Waals surface area contributed by atoms with E-state index in [0.717, 1.165) is 6.07 Å². The molecular weight excluding hydrogens is 315 g/mol. The zero-order chi connectivity index (χ0) is 13.2. The van der Waals surface area contributed by atoms with Gasteiger partial charge in [-0.05, 0) is 35.0 Å². The zero-order valence-electron chi connectivity index (χ0n) is 8.94. The number of aliphatic hydroxyl groups excluding tert-OH is 1. The molecule has 0 aliphatic carbocycles. The van der Waals surface area contributed by atoms with Gasteiger partial charge in [-0.15, -0.1) is 0 Å². The molecule has 1 aromatic carbocycles. The fourth-order valence-corrected chi connectivity index (χ4v) is 3.12. The summed E-state index contributed by atoms with van der Waals surface area (Å²) in [5.74, 6) is -0.920. The first-order valence-corrected chi connectivity index (χ1v) is 6.93. The van der Waals surface area contributed by atoms with Gasteiger partial charge in [0.05, 0.1) is 11.1 Å². The molecule has 0 aliphatic heterocycles. The highest BCUT2D eigenvalue weighted by molar-refractivity contribution is 9.10. The molecule has 1 unspecified atom stereocenters. The van der Waals surface area contributed by atoms with Gasteiger partial charge in [0.1, 0.15) is 4.90 Å². The van der Waals surface area contributed by atoms with Crippen LogP contribution in [0.5, 0.6) is 0 Å². The van der Waals surface area contributed by atoms with E-state index in [-0.39, 0.29) is 16.8 Å². The van der Waals surface area contributed by atoms with Gasteiger partial charge in [-0.25, -0.2) is 17.5 Å². The van der Waals surface area contributed by atoms with Crippen molar-refractivity contribution in [1.82, 2.24) is 4.72 Å². The smallest absolute Gasteiger partial charge is 0.243 e. The first-order chi connectivity index (χ1) is 7.77. The Morgan fingerprint density at radius 3 is 2.71 bits per heavy atom. The molecule has 17 heavy (non-hydrogen) atoms. The van der Waals surface area contributed by atoms with E-state index >= 15 is 0 Å². The quantitative estimate of drug-likeness (QED) is 0.714. The molecule has 4 N–H and O–H groups in total. The number of nitrogen functional groups attached to an aromatic ring is 1. The summed E-state index contributed by atoms with van der Waals surface area (Å²) in [5.41, 5.74) is 5.57. The summed E-state index contributed by atoms with van der Waals surface area (Å²) in [6.45, 7) is 1.07. The topological polar surface area (TPSA) is 92.4 Å². The van der Waals surface area contributed by atoms with E-state index < -0.39 is 26.8 Å². The molecular formula is C9H12BrFN2O3S. The average Bonchev–Trinajstić information content (AvgIpc) is 2.22. The molecule has 1 atom stereocenters. The summed E-state index contributed by atoms with van der Waals surface area (Å²) in [6, 6.07) is 1.58. The van der Waals surface area contributed by atoms with Crippen LogP contribution >= 0.6 is 15.9 Å². The van der Waals surface area contributed by atoms with Crippen LogP contribution in [0.1, 0.15) is 6.92 Å². The molecule has 5 nitrogen and oxygen atoms in total. The van der Waals surface area contributed by atoms with Crippen molar-refractivity contribution >= 4 is 31.6 Å². The number of aliphatic hydroxyl groups is 1. The number of anilines is 1. The van der Waals surface area contributed by atoms with E-state index in [1.807, 2.05) is 0 Å². The Hall–Kier alpha value is -0.700. The van der Waals surface area contributed by atoms with Crippen LogP contribution in [0.2, 0.25) is 0 Å². The largest absolute Gasteiger partial charge is 0.399 e. The van der Waals surface area contributed by atoms with Gasteiger partial charge < -0.3 is 10.8 Å². The van der Waals surface area contributed by atoms with E-state index in [2.05, 4.69) is 20.7 Å². The summed E-state index contributed by atoms with van der Waals surface area (Å²) in [7, 11) is -4.04. The highest BCUT2D eigenvalue weighted by Crippen LogP contribution is 2.26. The van der Waals surface area contributed by atoms with Gasteiger partial charge in [0.2, 0.25) is 10.0 Å². The Bertz CT molecular complexity index is 521. The molecule has 0 fully saturated rings. The number of benzene rings is 1. The number of sulfonamides is 1. The summed E-state index contributed by atoms with van der Waals surface area (Å²) in [6.07, 6.45) is 0. The Balaban J connectivity index is 3.24. The van der Waals surface area contributed by atoms with Gasteiger partial charge in [-0.1, -0.05) is 0 Å². The van der Waals surface area contributed by atoms with Crippen molar-refractivity contribution in [2.75, 3.05) is 12.3 Å². The molecule has 0 saturated heterocycles. The molecule has 0 spiro atoms. The van der Waals surface area contributed by atoms with Gasteiger partial charge in [-0.3, -0.25) is 0 Å². The lowest BCUT2D eigenvalue weighted by Gasteiger charge is -2.13. The fraction of sp³-hybridized carbons (Fsp3) is 0.333. The van der Waals surface area contributed by atoms with Crippen molar-refractivity contribution in [3.63, 3.8) is 0 Å². The number of nitrogens with two attached hydrogens (primary N) is 1. The second kappa shape index (κ2) is 5.30. The molecule has 1 rings (SSSR count). The molecule has 1 aromatic rings. The molecule has 0 saturated carbocycles. The minimum absolute atomic E-state index is 0.0328. The van der Waals surface area contributed by atoms with Crippen LogP contribution in [0, 0.1) is 5.82 Å². The second-order valence-electron chi connectivity index (χ2n) is 3.52. The maximum Gasteiger partial charge on any atom is 0.243 e. The number of nitrogens with one attached hydrogen (secondary N) is 1. The predicted octanol–water partition coefficient (Wildman–Crippen LogP) is 0.829. The van der Waals surface area contributed by atoms with Crippen molar-refractivity contribution < 1.29 is 17.9 Å². The van der Waals surface area contributed by atoms with Gasteiger partial charge in [0.25, 0.3) is 0 Å². The summed E-state index contributed by atoms with van der Waals surface area (Å²) < 4.78 is 39.3. The molecule has 0 bridgehead atoms. The van der Waals surface area contributed by atoms with Crippen molar-refractivity contribution in [1.29, 1.82) is 0 Å². The first-order valence-electron chi connectivity index (χ1n) is 4.65. The Labute approximate surface area is 107 Å². The Morgan fingerprint density at radius 2 is 2.18 bits per heavy atom. The van der Waals surface area contributed by atoms with Crippen molar-refractivity contribution in [3.05, 3.63) is 22.4 Å². The van der Waals surface area contributed by atoms with Crippen molar-refractivity contribution in [2.45, 2.75) is 17.9 Å². The fourth-order valence-electron chi connectivity index (χ4n) is 1.14. The summed E-state index contributed by atoms with van der Waals surface area (Å²) in [4.78, 5) is -0.551. The predicted molar refractivity (Wildman–Crippen MR) is 65.4 cm³/mol. The van der Waals surface area contributed by atoms with E-state index in [1.54, 1.807) is 0 Å². The SMILES string of the molecule is CC(CO)NS(=O)(=O)c1cc(N)cc(Br)c1F. The minimum atomic E-state index is -4.04. The van der Waals surface area contributed by atoms with Crippen LogP contribution in [-0.4, -0.2) is 26.2 Å². The average molecular weight is 327 g/mol. The lowest BCUT2D eigenvalue weighted by Crippen LogP contribution is -2.35. The van der Waals surface area contributed by atoms with E-state index in [1.165, 1.54) is 13.0 Å². The third-order valence-corrected chi connectivity index (χ3v) is 4.10. The molecule has 96 valence electrons. The van der Waals surface area contributed by atoms with Crippen LogP contribution in [0.3, 0.4) is 0 Å². The second-order valence-corrected chi connectivity index (χ2v) is 6.06. The molecule has 0 amide bonds. The standard InChI is InChI=1S/C9H12BrFN2O3S/c1-5(4-14)13-17(15,16)8-3-6(12)2-7(10)9(8)11/h2-3,5,13-14H,4,12H2,1H3. The molecule has 8 heteroatoms. The van der Waals surface area contributed by atoms with Crippen LogP contribution in [0.25, 0.3) is 0 Å². The highest BCUT2D eigenvalue weighted by atomic mass is 79.9. The first kappa shape index (κ1) is 14.4. The molecule has 0 radical (unpaired) electrons.